The van der Waals surface area contributed by atoms with Crippen molar-refractivity contribution in [3.63, 3.8) is 0 Å². The van der Waals surface area contributed by atoms with Gasteiger partial charge in [0.2, 0.25) is 0 Å². The molecule has 1 aromatic rings. The smallest absolute Gasteiger partial charge is 0.338 e. The summed E-state index contributed by atoms with van der Waals surface area (Å²) in [6.45, 7) is 3.19. The standard InChI is InChI=1S/C14H15BrF3NO/c1-9-5-6-19(8-12(9)15)13(20)10-3-2-4-11(7-10)14(16,17)18/h2-4,7,9,12H,5-6,8H2,1H3. The summed E-state index contributed by atoms with van der Waals surface area (Å²) in [5.74, 6) is 0.119. The van der Waals surface area contributed by atoms with E-state index >= 15 is 0 Å². The van der Waals surface area contributed by atoms with Crippen LogP contribution in [0, 0.1) is 5.92 Å². The van der Waals surface area contributed by atoms with Gasteiger partial charge >= 0.3 is 6.18 Å². The van der Waals surface area contributed by atoms with E-state index in [1.54, 1.807) is 4.90 Å². The number of hydrogen-bond donors (Lipinski definition) is 0. The lowest BCUT2D eigenvalue weighted by Gasteiger charge is -2.34. The van der Waals surface area contributed by atoms with Crippen LogP contribution in [0.5, 0.6) is 0 Å². The van der Waals surface area contributed by atoms with Crippen LogP contribution in [0.3, 0.4) is 0 Å². The first-order chi connectivity index (χ1) is 9.29. The van der Waals surface area contributed by atoms with Crippen LogP contribution in [0.4, 0.5) is 13.2 Å². The lowest BCUT2D eigenvalue weighted by atomic mass is 9.98. The Kier molecular flexibility index (Phi) is 4.42. The monoisotopic (exact) mass is 349 g/mol. The van der Waals surface area contributed by atoms with Gasteiger partial charge in [-0.1, -0.05) is 28.9 Å². The van der Waals surface area contributed by atoms with Gasteiger partial charge in [0.1, 0.15) is 0 Å². The van der Waals surface area contributed by atoms with Crippen molar-refractivity contribution in [3.05, 3.63) is 35.4 Å². The highest BCUT2D eigenvalue weighted by Crippen LogP contribution is 2.30. The van der Waals surface area contributed by atoms with E-state index in [-0.39, 0.29) is 16.3 Å². The lowest BCUT2D eigenvalue weighted by Crippen LogP contribution is -2.43. The first kappa shape index (κ1) is 15.4. The molecule has 1 aromatic carbocycles. The lowest BCUT2D eigenvalue weighted by molar-refractivity contribution is -0.137. The quantitative estimate of drug-likeness (QED) is 0.703. The summed E-state index contributed by atoms with van der Waals surface area (Å²) in [6, 6.07) is 4.60. The predicted octanol–water partition coefficient (Wildman–Crippen LogP) is 3.95. The third-order valence-electron chi connectivity index (χ3n) is 3.59. The zero-order chi connectivity index (χ0) is 14.9. The van der Waals surface area contributed by atoms with Crippen LogP contribution < -0.4 is 0 Å². The van der Waals surface area contributed by atoms with Crippen molar-refractivity contribution in [2.24, 2.45) is 5.92 Å². The van der Waals surface area contributed by atoms with Crippen LogP contribution in [0.2, 0.25) is 0 Å². The third kappa shape index (κ3) is 3.34. The second-order valence-corrected chi connectivity index (χ2v) is 6.29. The molecule has 0 aromatic heterocycles. The van der Waals surface area contributed by atoms with Crippen LogP contribution in [0.15, 0.2) is 24.3 Å². The maximum atomic E-state index is 12.7. The molecule has 2 unspecified atom stereocenters. The van der Waals surface area contributed by atoms with Gasteiger partial charge in [-0.3, -0.25) is 4.79 Å². The van der Waals surface area contributed by atoms with Crippen molar-refractivity contribution in [2.75, 3.05) is 13.1 Å². The molecule has 20 heavy (non-hydrogen) atoms. The molecule has 2 nitrogen and oxygen atoms in total. The number of nitrogens with zero attached hydrogens (tertiary/aromatic N) is 1. The summed E-state index contributed by atoms with van der Waals surface area (Å²) < 4.78 is 38.0. The number of hydrogen-bond acceptors (Lipinski definition) is 1. The fraction of sp³-hybridized carbons (Fsp3) is 0.500. The van der Waals surface area contributed by atoms with E-state index in [4.69, 9.17) is 0 Å². The first-order valence-corrected chi connectivity index (χ1v) is 7.31. The topological polar surface area (TPSA) is 20.3 Å². The first-order valence-electron chi connectivity index (χ1n) is 6.39. The Bertz CT molecular complexity index is 503. The molecule has 1 fully saturated rings. The second-order valence-electron chi connectivity index (χ2n) is 5.11. The summed E-state index contributed by atoms with van der Waals surface area (Å²) in [4.78, 5) is 14.1. The molecule has 1 heterocycles. The second kappa shape index (κ2) is 5.76. The number of piperidine rings is 1. The molecule has 6 heteroatoms. The van der Waals surface area contributed by atoms with Gasteiger partial charge in [0.05, 0.1) is 5.56 Å². The molecule has 1 saturated heterocycles. The van der Waals surface area contributed by atoms with Gasteiger partial charge in [0, 0.05) is 23.5 Å². The highest BCUT2D eigenvalue weighted by Gasteiger charge is 2.32. The maximum Gasteiger partial charge on any atom is 0.416 e. The number of benzene rings is 1. The Morgan fingerprint density at radius 3 is 2.70 bits per heavy atom. The number of carbonyl (C=O) groups is 1. The molecular weight excluding hydrogens is 335 g/mol. The summed E-state index contributed by atoms with van der Waals surface area (Å²) in [5, 5.41) is 0. The van der Waals surface area contributed by atoms with Gasteiger partial charge in [-0.25, -0.2) is 0 Å². The van der Waals surface area contributed by atoms with E-state index in [0.29, 0.717) is 19.0 Å². The average Bonchev–Trinajstić information content (AvgIpc) is 2.40. The summed E-state index contributed by atoms with van der Waals surface area (Å²) in [5.41, 5.74) is -0.696. The molecule has 2 atom stereocenters. The normalized spacial score (nSPS) is 23.8. The van der Waals surface area contributed by atoms with Gasteiger partial charge < -0.3 is 4.90 Å². The number of halogens is 4. The maximum absolute atomic E-state index is 12.7. The Hall–Kier alpha value is -1.04. The van der Waals surface area contributed by atoms with Crippen molar-refractivity contribution >= 4 is 21.8 Å². The SMILES string of the molecule is CC1CCN(C(=O)c2cccc(C(F)(F)F)c2)CC1Br. The molecule has 110 valence electrons. The van der Waals surface area contributed by atoms with E-state index in [2.05, 4.69) is 22.9 Å². The molecular formula is C14H15BrF3NO. The van der Waals surface area contributed by atoms with E-state index < -0.39 is 11.7 Å². The van der Waals surface area contributed by atoms with Crippen molar-refractivity contribution in [1.29, 1.82) is 0 Å². The summed E-state index contributed by atoms with van der Waals surface area (Å²) in [6.07, 6.45) is -3.58. The van der Waals surface area contributed by atoms with E-state index in [1.165, 1.54) is 12.1 Å². The van der Waals surface area contributed by atoms with Crippen molar-refractivity contribution in [3.8, 4) is 0 Å². The Morgan fingerprint density at radius 2 is 2.10 bits per heavy atom. The molecule has 0 radical (unpaired) electrons. The molecule has 0 aliphatic carbocycles. The zero-order valence-corrected chi connectivity index (χ0v) is 12.5. The van der Waals surface area contributed by atoms with Crippen LogP contribution in [-0.4, -0.2) is 28.7 Å². The summed E-state index contributed by atoms with van der Waals surface area (Å²) in [7, 11) is 0. The largest absolute Gasteiger partial charge is 0.416 e. The molecule has 1 aliphatic heterocycles. The molecule has 1 amide bonds. The fourth-order valence-electron chi connectivity index (χ4n) is 2.22. The van der Waals surface area contributed by atoms with Crippen LogP contribution in [-0.2, 0) is 6.18 Å². The molecule has 0 N–H and O–H groups in total. The van der Waals surface area contributed by atoms with Crippen molar-refractivity contribution < 1.29 is 18.0 Å². The molecule has 1 aliphatic rings. The Labute approximate surface area is 124 Å². The zero-order valence-electron chi connectivity index (χ0n) is 11.0. The molecule has 0 bridgehead atoms. The number of likely N-dealkylation sites (tertiary alicyclic amines) is 1. The minimum atomic E-state index is -4.43. The molecule has 0 spiro atoms. The van der Waals surface area contributed by atoms with E-state index in [9.17, 15) is 18.0 Å². The average molecular weight is 350 g/mol. The number of carbonyl (C=O) groups excluding carboxylic acids is 1. The third-order valence-corrected chi connectivity index (χ3v) is 4.78. The Balaban J connectivity index is 2.17. The van der Waals surface area contributed by atoms with Crippen LogP contribution >= 0.6 is 15.9 Å². The van der Waals surface area contributed by atoms with Crippen molar-refractivity contribution in [2.45, 2.75) is 24.3 Å². The number of amides is 1. The number of rotatable bonds is 1. The van der Waals surface area contributed by atoms with Gasteiger partial charge in [-0.2, -0.15) is 13.2 Å². The van der Waals surface area contributed by atoms with Gasteiger partial charge in [-0.15, -0.1) is 0 Å². The fourth-order valence-corrected chi connectivity index (χ4v) is 2.83. The summed E-state index contributed by atoms with van der Waals surface area (Å²) >= 11 is 3.51. The highest BCUT2D eigenvalue weighted by atomic mass is 79.9. The van der Waals surface area contributed by atoms with Gasteiger partial charge in [-0.05, 0) is 30.5 Å². The molecule has 2 rings (SSSR count). The van der Waals surface area contributed by atoms with E-state index in [0.717, 1.165) is 18.6 Å². The van der Waals surface area contributed by atoms with Crippen LogP contribution in [0.1, 0.15) is 29.3 Å². The molecule has 0 saturated carbocycles. The van der Waals surface area contributed by atoms with Crippen LogP contribution in [0.25, 0.3) is 0 Å². The number of alkyl halides is 4. The predicted molar refractivity (Wildman–Crippen MR) is 73.8 cm³/mol. The minimum absolute atomic E-state index is 0.0917. The van der Waals surface area contributed by atoms with Crippen molar-refractivity contribution in [1.82, 2.24) is 4.90 Å². The van der Waals surface area contributed by atoms with Gasteiger partial charge in [0.25, 0.3) is 5.91 Å². The minimum Gasteiger partial charge on any atom is -0.338 e. The van der Waals surface area contributed by atoms with E-state index in [1.807, 2.05) is 0 Å². The highest BCUT2D eigenvalue weighted by molar-refractivity contribution is 9.09. The van der Waals surface area contributed by atoms with Gasteiger partial charge in [0.15, 0.2) is 0 Å². The Morgan fingerprint density at radius 1 is 1.40 bits per heavy atom.